The fourth-order valence-electron chi connectivity index (χ4n) is 2.77. The van der Waals surface area contributed by atoms with Crippen LogP contribution >= 0.6 is 0 Å². The maximum Gasteiger partial charge on any atom is 0.342 e. The first kappa shape index (κ1) is 19.4. The summed E-state index contributed by atoms with van der Waals surface area (Å²) in [6, 6.07) is 17.3. The number of nitrogens with zero attached hydrogens (tertiary/aromatic N) is 2. The molecular formula is C22H23N3O3. The Labute approximate surface area is 164 Å². The van der Waals surface area contributed by atoms with E-state index in [0.29, 0.717) is 17.8 Å². The summed E-state index contributed by atoms with van der Waals surface area (Å²) in [7, 11) is 0. The van der Waals surface area contributed by atoms with Gasteiger partial charge in [-0.05, 0) is 31.5 Å². The second kappa shape index (κ2) is 8.99. The number of esters is 1. The molecule has 0 radical (unpaired) electrons. The second-order valence-corrected chi connectivity index (χ2v) is 6.47. The van der Waals surface area contributed by atoms with Crippen molar-refractivity contribution < 1.29 is 14.3 Å². The fourth-order valence-corrected chi connectivity index (χ4v) is 2.77. The molecule has 0 aliphatic heterocycles. The van der Waals surface area contributed by atoms with Crippen LogP contribution in [0.1, 0.15) is 29.3 Å². The minimum absolute atomic E-state index is 0.317. The van der Waals surface area contributed by atoms with Crippen molar-refractivity contribution in [1.29, 1.82) is 0 Å². The number of benzene rings is 2. The molecule has 0 aliphatic carbocycles. The van der Waals surface area contributed by atoms with Crippen LogP contribution < -0.4 is 5.32 Å². The highest BCUT2D eigenvalue weighted by Gasteiger charge is 2.21. The lowest BCUT2D eigenvalue weighted by Gasteiger charge is -2.06. The Morgan fingerprint density at radius 3 is 2.61 bits per heavy atom. The molecule has 0 saturated carbocycles. The zero-order chi connectivity index (χ0) is 19.9. The molecule has 1 amide bonds. The number of amides is 1. The van der Waals surface area contributed by atoms with E-state index < -0.39 is 5.97 Å². The van der Waals surface area contributed by atoms with Crippen molar-refractivity contribution in [2.45, 2.75) is 20.3 Å². The summed E-state index contributed by atoms with van der Waals surface area (Å²) in [6.07, 6.45) is 2.46. The van der Waals surface area contributed by atoms with E-state index in [1.807, 2.05) is 68.4 Å². The largest absolute Gasteiger partial charge is 0.452 e. The van der Waals surface area contributed by atoms with Crippen LogP contribution in [0, 0.1) is 6.92 Å². The standard InChI is InChI=1S/C22H23N3O3/c1-3-12-23-20(26)15-28-22(27)19-14-25(18-10-5-4-6-11-18)24-21(19)17-9-7-8-16(2)13-17/h4-11,13-14H,3,12,15H2,1-2H3,(H,23,26). The quantitative estimate of drug-likeness (QED) is 0.639. The van der Waals surface area contributed by atoms with Crippen molar-refractivity contribution in [3.05, 3.63) is 71.9 Å². The number of ether oxygens (including phenoxy) is 1. The minimum Gasteiger partial charge on any atom is -0.452 e. The summed E-state index contributed by atoms with van der Waals surface area (Å²) < 4.78 is 6.87. The normalized spacial score (nSPS) is 10.5. The van der Waals surface area contributed by atoms with E-state index in [9.17, 15) is 9.59 Å². The van der Waals surface area contributed by atoms with Gasteiger partial charge in [-0.1, -0.05) is 48.9 Å². The molecule has 0 atom stereocenters. The number of carbonyl (C=O) groups is 2. The zero-order valence-corrected chi connectivity index (χ0v) is 16.0. The van der Waals surface area contributed by atoms with Crippen molar-refractivity contribution >= 4 is 11.9 Å². The summed E-state index contributed by atoms with van der Waals surface area (Å²) in [5.74, 6) is -0.895. The molecular weight excluding hydrogens is 354 g/mol. The van der Waals surface area contributed by atoms with Crippen LogP contribution in [0.25, 0.3) is 16.9 Å². The van der Waals surface area contributed by atoms with Gasteiger partial charge in [-0.15, -0.1) is 0 Å². The minimum atomic E-state index is -0.578. The zero-order valence-electron chi connectivity index (χ0n) is 16.0. The molecule has 0 spiro atoms. The van der Waals surface area contributed by atoms with Gasteiger partial charge in [-0.2, -0.15) is 5.10 Å². The van der Waals surface area contributed by atoms with Crippen molar-refractivity contribution in [1.82, 2.24) is 15.1 Å². The summed E-state index contributed by atoms with van der Waals surface area (Å²) in [4.78, 5) is 24.4. The Kier molecular flexibility index (Phi) is 6.22. The lowest BCUT2D eigenvalue weighted by atomic mass is 10.1. The van der Waals surface area contributed by atoms with Gasteiger partial charge in [0.05, 0.1) is 5.69 Å². The average Bonchev–Trinajstić information content (AvgIpc) is 3.17. The molecule has 2 aromatic carbocycles. The summed E-state index contributed by atoms with van der Waals surface area (Å²) in [5, 5.41) is 7.29. The molecule has 144 valence electrons. The molecule has 1 heterocycles. The Morgan fingerprint density at radius 2 is 1.89 bits per heavy atom. The number of aromatic nitrogens is 2. The number of para-hydroxylation sites is 1. The molecule has 28 heavy (non-hydrogen) atoms. The summed E-state index contributed by atoms with van der Waals surface area (Å²) in [5.41, 5.74) is 3.54. The molecule has 0 unspecified atom stereocenters. The van der Waals surface area contributed by atoms with Crippen LogP contribution in [-0.4, -0.2) is 34.8 Å². The Bertz CT molecular complexity index is 964. The van der Waals surface area contributed by atoms with E-state index in [-0.39, 0.29) is 12.5 Å². The van der Waals surface area contributed by atoms with Crippen LogP contribution in [0.4, 0.5) is 0 Å². The molecule has 3 aromatic rings. The third-order valence-electron chi connectivity index (χ3n) is 4.15. The van der Waals surface area contributed by atoms with Crippen molar-refractivity contribution in [3.8, 4) is 16.9 Å². The van der Waals surface area contributed by atoms with E-state index in [1.54, 1.807) is 10.9 Å². The Balaban J connectivity index is 1.91. The molecule has 0 fully saturated rings. The maximum atomic E-state index is 12.7. The van der Waals surface area contributed by atoms with Crippen molar-refractivity contribution in [2.24, 2.45) is 0 Å². The topological polar surface area (TPSA) is 73.2 Å². The van der Waals surface area contributed by atoms with Gasteiger partial charge in [0.25, 0.3) is 5.91 Å². The number of carbonyl (C=O) groups excluding carboxylic acids is 2. The van der Waals surface area contributed by atoms with Gasteiger partial charge < -0.3 is 10.1 Å². The van der Waals surface area contributed by atoms with Crippen LogP contribution in [-0.2, 0) is 9.53 Å². The smallest absolute Gasteiger partial charge is 0.342 e. The number of hydrogen-bond acceptors (Lipinski definition) is 4. The van der Waals surface area contributed by atoms with E-state index >= 15 is 0 Å². The highest BCUT2D eigenvalue weighted by molar-refractivity contribution is 5.97. The number of rotatable bonds is 7. The van der Waals surface area contributed by atoms with Crippen LogP contribution in [0.2, 0.25) is 0 Å². The van der Waals surface area contributed by atoms with Crippen LogP contribution in [0.3, 0.4) is 0 Å². The predicted molar refractivity (Wildman–Crippen MR) is 107 cm³/mol. The first-order chi connectivity index (χ1) is 13.6. The maximum absolute atomic E-state index is 12.7. The highest BCUT2D eigenvalue weighted by Crippen LogP contribution is 2.25. The molecule has 0 saturated heterocycles. The second-order valence-electron chi connectivity index (χ2n) is 6.47. The van der Waals surface area contributed by atoms with Gasteiger partial charge in [0.2, 0.25) is 0 Å². The average molecular weight is 377 g/mol. The molecule has 6 nitrogen and oxygen atoms in total. The molecule has 1 aromatic heterocycles. The lowest BCUT2D eigenvalue weighted by molar-refractivity contribution is -0.124. The van der Waals surface area contributed by atoms with Gasteiger partial charge in [0.15, 0.2) is 6.61 Å². The number of aryl methyl sites for hydroxylation is 1. The monoisotopic (exact) mass is 377 g/mol. The number of nitrogens with one attached hydrogen (secondary N) is 1. The summed E-state index contributed by atoms with van der Waals surface area (Å²) in [6.45, 7) is 4.17. The van der Waals surface area contributed by atoms with Crippen molar-refractivity contribution in [3.63, 3.8) is 0 Å². The fraction of sp³-hybridized carbons (Fsp3) is 0.227. The molecule has 0 aliphatic rings. The van der Waals surface area contributed by atoms with Crippen LogP contribution in [0.15, 0.2) is 60.8 Å². The molecule has 6 heteroatoms. The highest BCUT2D eigenvalue weighted by atomic mass is 16.5. The van der Waals surface area contributed by atoms with Gasteiger partial charge in [0, 0.05) is 18.3 Å². The van der Waals surface area contributed by atoms with Gasteiger partial charge in [-0.25, -0.2) is 9.48 Å². The third kappa shape index (κ3) is 4.65. The SMILES string of the molecule is CCCNC(=O)COC(=O)c1cn(-c2ccccc2)nc1-c1cccc(C)c1. The van der Waals surface area contributed by atoms with E-state index in [1.165, 1.54) is 0 Å². The Morgan fingerprint density at radius 1 is 1.11 bits per heavy atom. The van der Waals surface area contributed by atoms with Gasteiger partial charge in [0.1, 0.15) is 11.3 Å². The summed E-state index contributed by atoms with van der Waals surface area (Å²) >= 11 is 0. The predicted octanol–water partition coefficient (Wildman–Crippen LogP) is 3.53. The third-order valence-corrected chi connectivity index (χ3v) is 4.15. The first-order valence-corrected chi connectivity index (χ1v) is 9.24. The Hall–Kier alpha value is -3.41. The van der Waals surface area contributed by atoms with Crippen LogP contribution in [0.5, 0.6) is 0 Å². The first-order valence-electron chi connectivity index (χ1n) is 9.24. The van der Waals surface area contributed by atoms with E-state index in [2.05, 4.69) is 10.4 Å². The lowest BCUT2D eigenvalue weighted by Crippen LogP contribution is -2.29. The molecule has 0 bridgehead atoms. The molecule has 1 N–H and O–H groups in total. The number of hydrogen-bond donors (Lipinski definition) is 1. The van der Waals surface area contributed by atoms with E-state index in [0.717, 1.165) is 23.2 Å². The molecule has 3 rings (SSSR count). The van der Waals surface area contributed by atoms with Gasteiger partial charge in [-0.3, -0.25) is 4.79 Å². The van der Waals surface area contributed by atoms with Gasteiger partial charge >= 0.3 is 5.97 Å². The van der Waals surface area contributed by atoms with Crippen molar-refractivity contribution in [2.75, 3.05) is 13.2 Å². The van der Waals surface area contributed by atoms with E-state index in [4.69, 9.17) is 4.74 Å².